The highest BCUT2D eigenvalue weighted by Crippen LogP contribution is 2.25. The zero-order valence-corrected chi connectivity index (χ0v) is 19.8. The summed E-state index contributed by atoms with van der Waals surface area (Å²) in [7, 11) is 0. The van der Waals surface area contributed by atoms with Crippen LogP contribution in [-0.2, 0) is 19.6 Å². The molecule has 176 valence electrons. The molecule has 1 N–H and O–H groups in total. The third-order valence-corrected chi connectivity index (χ3v) is 6.53. The Bertz CT molecular complexity index is 1630. The third kappa shape index (κ3) is 3.76. The van der Waals surface area contributed by atoms with Crippen molar-refractivity contribution in [2.75, 3.05) is 0 Å². The van der Waals surface area contributed by atoms with E-state index in [9.17, 15) is 24.3 Å². The van der Waals surface area contributed by atoms with E-state index in [2.05, 4.69) is 0 Å². The van der Waals surface area contributed by atoms with Crippen molar-refractivity contribution in [1.29, 1.82) is 0 Å². The van der Waals surface area contributed by atoms with Crippen molar-refractivity contribution in [3.05, 3.63) is 95.1 Å². The fraction of sp³-hybridized carbons (Fsp3) is 0.217. The largest absolute Gasteiger partial charge is 0.477 e. The Morgan fingerprint density at radius 1 is 0.912 bits per heavy atom. The van der Waals surface area contributed by atoms with E-state index >= 15 is 0 Å². The minimum absolute atomic E-state index is 0.164. The number of carbonyl (C=O) groups is 1. The Balaban J connectivity index is 1.99. The lowest BCUT2D eigenvalue weighted by atomic mass is 10.2. The molecule has 2 heterocycles. The van der Waals surface area contributed by atoms with Crippen molar-refractivity contribution < 1.29 is 9.90 Å². The second-order valence-electron chi connectivity index (χ2n) is 7.55. The molecule has 0 bridgehead atoms. The zero-order chi connectivity index (χ0) is 24.7. The lowest BCUT2D eigenvalue weighted by molar-refractivity contribution is 0.0693. The van der Waals surface area contributed by atoms with E-state index in [1.807, 2.05) is 13.8 Å². The summed E-state index contributed by atoms with van der Waals surface area (Å²) in [5.41, 5.74) is -0.527. The number of rotatable bonds is 6. The maximum absolute atomic E-state index is 13.4. The lowest BCUT2D eigenvalue weighted by Gasteiger charge is -2.13. The highest BCUT2D eigenvalue weighted by atomic mass is 35.5. The SMILES string of the molecule is CCn1c(=O)n(CC)c2cc(-n3cc(C(=O)O)c(=O)n(Cc4cccc(Cl)c4Cl)c3=O)ccc21. The summed E-state index contributed by atoms with van der Waals surface area (Å²) in [5.74, 6) is -1.48. The van der Waals surface area contributed by atoms with E-state index in [4.69, 9.17) is 23.2 Å². The molecule has 0 saturated heterocycles. The minimum atomic E-state index is -1.48. The molecule has 0 aliphatic rings. The standard InChI is InChI=1S/C23H20Cl2N4O5/c1-3-26-17-9-8-14(10-18(17)27(4-2)22(26)33)28-12-15(21(31)32)20(30)29(23(28)34)11-13-6-5-7-16(24)19(13)25/h5-10,12H,3-4,11H2,1-2H3,(H,31,32). The predicted molar refractivity (Wildman–Crippen MR) is 130 cm³/mol. The molecule has 0 saturated carbocycles. The highest BCUT2D eigenvalue weighted by molar-refractivity contribution is 6.42. The zero-order valence-electron chi connectivity index (χ0n) is 18.3. The number of imidazole rings is 1. The van der Waals surface area contributed by atoms with Gasteiger partial charge in [-0.05, 0) is 43.7 Å². The second kappa shape index (κ2) is 9.00. The van der Waals surface area contributed by atoms with Gasteiger partial charge in [0, 0.05) is 19.3 Å². The molecule has 0 aliphatic carbocycles. The number of fused-ring (bicyclic) bond motifs is 1. The molecule has 0 spiro atoms. The first-order valence-electron chi connectivity index (χ1n) is 10.5. The summed E-state index contributed by atoms with van der Waals surface area (Å²) in [4.78, 5) is 50.7. The summed E-state index contributed by atoms with van der Waals surface area (Å²) in [6.07, 6.45) is 0.995. The molecule has 0 amide bonds. The Kier molecular flexibility index (Phi) is 6.24. The van der Waals surface area contributed by atoms with Crippen LogP contribution in [0.2, 0.25) is 10.0 Å². The monoisotopic (exact) mass is 502 g/mol. The molecule has 0 atom stereocenters. The first kappa shape index (κ1) is 23.6. The van der Waals surface area contributed by atoms with Gasteiger partial charge in [0.2, 0.25) is 0 Å². The summed E-state index contributed by atoms with van der Waals surface area (Å²) >= 11 is 12.3. The topological polar surface area (TPSA) is 108 Å². The smallest absolute Gasteiger partial charge is 0.342 e. The first-order chi connectivity index (χ1) is 16.2. The molecular weight excluding hydrogens is 483 g/mol. The van der Waals surface area contributed by atoms with Gasteiger partial charge in [0.05, 0.1) is 33.3 Å². The number of carboxylic acids is 1. The summed E-state index contributed by atoms with van der Waals surface area (Å²) in [6, 6.07) is 9.69. The van der Waals surface area contributed by atoms with Gasteiger partial charge in [0.1, 0.15) is 5.56 Å². The molecule has 0 fully saturated rings. The maximum Gasteiger partial charge on any atom is 0.342 e. The Labute approximate surface area is 202 Å². The van der Waals surface area contributed by atoms with Crippen molar-refractivity contribution in [2.45, 2.75) is 33.5 Å². The summed E-state index contributed by atoms with van der Waals surface area (Å²) in [6.45, 7) is 4.29. The van der Waals surface area contributed by atoms with Gasteiger partial charge in [-0.15, -0.1) is 0 Å². The van der Waals surface area contributed by atoms with Crippen LogP contribution in [-0.4, -0.2) is 29.3 Å². The molecule has 2 aromatic heterocycles. The summed E-state index contributed by atoms with van der Waals surface area (Å²) < 4.78 is 5.05. The van der Waals surface area contributed by atoms with E-state index in [-0.39, 0.29) is 22.3 Å². The van der Waals surface area contributed by atoms with Gasteiger partial charge in [-0.25, -0.2) is 14.4 Å². The number of aromatic nitrogens is 4. The Hall–Kier alpha value is -3.56. The number of nitrogens with zero attached hydrogens (tertiary/aromatic N) is 4. The number of halogens is 2. The van der Waals surface area contributed by atoms with Crippen molar-refractivity contribution in [2.24, 2.45) is 0 Å². The van der Waals surface area contributed by atoms with Gasteiger partial charge in [0.25, 0.3) is 5.56 Å². The van der Waals surface area contributed by atoms with E-state index in [1.165, 1.54) is 0 Å². The number of hydrogen-bond donors (Lipinski definition) is 1. The Morgan fingerprint density at radius 2 is 1.59 bits per heavy atom. The molecule has 11 heteroatoms. The minimum Gasteiger partial charge on any atom is -0.477 e. The average Bonchev–Trinajstić information content (AvgIpc) is 3.08. The molecule has 9 nitrogen and oxygen atoms in total. The van der Waals surface area contributed by atoms with Crippen molar-refractivity contribution in [3.63, 3.8) is 0 Å². The average molecular weight is 503 g/mol. The van der Waals surface area contributed by atoms with Gasteiger partial charge in [-0.2, -0.15) is 0 Å². The van der Waals surface area contributed by atoms with Gasteiger partial charge >= 0.3 is 17.3 Å². The third-order valence-electron chi connectivity index (χ3n) is 5.67. The molecule has 2 aromatic carbocycles. The van der Waals surface area contributed by atoms with E-state index in [1.54, 1.807) is 45.5 Å². The molecule has 34 heavy (non-hydrogen) atoms. The number of hydrogen-bond acceptors (Lipinski definition) is 4. The normalized spacial score (nSPS) is 11.3. The van der Waals surface area contributed by atoms with Crippen LogP contribution >= 0.6 is 23.2 Å². The summed E-state index contributed by atoms with van der Waals surface area (Å²) in [5, 5.41) is 10.0. The number of aryl methyl sites for hydroxylation is 2. The molecule has 4 rings (SSSR count). The van der Waals surface area contributed by atoms with E-state index in [0.717, 1.165) is 15.3 Å². The van der Waals surface area contributed by atoms with Crippen LogP contribution in [0.5, 0.6) is 0 Å². The van der Waals surface area contributed by atoms with Gasteiger partial charge in [-0.3, -0.25) is 23.1 Å². The maximum atomic E-state index is 13.4. The fourth-order valence-electron chi connectivity index (χ4n) is 3.98. The van der Waals surface area contributed by atoms with Crippen molar-refractivity contribution >= 4 is 40.2 Å². The molecular formula is C23H20Cl2N4O5. The van der Waals surface area contributed by atoms with Crippen molar-refractivity contribution in [1.82, 2.24) is 18.3 Å². The quantitative estimate of drug-likeness (QED) is 0.435. The molecule has 0 aliphatic heterocycles. The van der Waals surface area contributed by atoms with Crippen LogP contribution in [0.3, 0.4) is 0 Å². The van der Waals surface area contributed by atoms with Crippen LogP contribution in [0.1, 0.15) is 29.8 Å². The Morgan fingerprint density at radius 3 is 2.24 bits per heavy atom. The molecule has 4 aromatic rings. The van der Waals surface area contributed by atoms with Gasteiger partial charge < -0.3 is 5.11 Å². The first-order valence-corrected chi connectivity index (χ1v) is 11.2. The van der Waals surface area contributed by atoms with Crippen LogP contribution in [0.4, 0.5) is 0 Å². The van der Waals surface area contributed by atoms with Crippen LogP contribution < -0.4 is 16.9 Å². The second-order valence-corrected chi connectivity index (χ2v) is 8.33. The van der Waals surface area contributed by atoms with Gasteiger partial charge in [0.15, 0.2) is 0 Å². The number of aromatic carboxylic acids is 1. The van der Waals surface area contributed by atoms with Crippen LogP contribution in [0.15, 0.2) is 57.0 Å². The predicted octanol–water partition coefficient (Wildman–Crippen LogP) is 3.21. The van der Waals surface area contributed by atoms with E-state index in [0.29, 0.717) is 35.4 Å². The molecule has 0 radical (unpaired) electrons. The van der Waals surface area contributed by atoms with Crippen LogP contribution in [0, 0.1) is 0 Å². The fourth-order valence-corrected chi connectivity index (χ4v) is 4.36. The number of carboxylic acid groups (broad SMARTS) is 1. The lowest BCUT2D eigenvalue weighted by Crippen LogP contribution is -2.42. The number of benzene rings is 2. The van der Waals surface area contributed by atoms with E-state index < -0.39 is 22.8 Å². The highest BCUT2D eigenvalue weighted by Gasteiger charge is 2.20. The van der Waals surface area contributed by atoms with Gasteiger partial charge in [-0.1, -0.05) is 35.3 Å². The molecule has 0 unspecified atom stereocenters. The van der Waals surface area contributed by atoms with Crippen molar-refractivity contribution in [3.8, 4) is 5.69 Å². The van der Waals surface area contributed by atoms with Crippen LogP contribution in [0.25, 0.3) is 16.7 Å².